The number of pyridine rings is 1. The van der Waals surface area contributed by atoms with Gasteiger partial charge in [-0.25, -0.2) is 0 Å². The highest BCUT2D eigenvalue weighted by Crippen LogP contribution is 2.61. The van der Waals surface area contributed by atoms with Crippen LogP contribution in [0, 0.1) is 5.41 Å². The lowest BCUT2D eigenvalue weighted by Crippen LogP contribution is -2.44. The summed E-state index contributed by atoms with van der Waals surface area (Å²) in [6, 6.07) is 2.82. The minimum Gasteiger partial charge on any atom is -0.410 e. The number of halogens is 3. The van der Waals surface area contributed by atoms with Crippen molar-refractivity contribution in [2.45, 2.75) is 135 Å². The third kappa shape index (κ3) is 5.06. The quantitative estimate of drug-likeness (QED) is 0.338. The van der Waals surface area contributed by atoms with Crippen LogP contribution in [0.2, 0.25) is 18.1 Å². The highest BCUT2D eigenvalue weighted by Gasteiger charge is 2.54. The summed E-state index contributed by atoms with van der Waals surface area (Å²) in [5.74, 6) is 0.124. The molecule has 8 heteroatoms. The maximum Gasteiger partial charge on any atom is 0.425 e. The van der Waals surface area contributed by atoms with Gasteiger partial charge in [-0.2, -0.15) is 13.2 Å². The average molecular weight is 580 g/mol. The molecule has 1 spiro atoms. The van der Waals surface area contributed by atoms with Crippen LogP contribution >= 0.6 is 11.3 Å². The van der Waals surface area contributed by atoms with E-state index in [1.165, 1.54) is 17.2 Å². The highest BCUT2D eigenvalue weighted by atomic mass is 32.1. The van der Waals surface area contributed by atoms with E-state index in [1.807, 2.05) is 0 Å². The first-order valence-electron chi connectivity index (χ1n) is 14.4. The molecule has 3 nitrogen and oxygen atoms in total. The summed E-state index contributed by atoms with van der Waals surface area (Å²) >= 11 is 0.812. The van der Waals surface area contributed by atoms with Gasteiger partial charge in [-0.05, 0) is 72.8 Å². The number of alkyl halides is 3. The Labute approximate surface area is 237 Å². The third-order valence-corrected chi connectivity index (χ3v) is 15.2. The first-order chi connectivity index (χ1) is 17.9. The third-order valence-electron chi connectivity index (χ3n) is 9.51. The van der Waals surface area contributed by atoms with Gasteiger partial charge in [0.25, 0.3) is 0 Å². The molecule has 2 aromatic rings. The first-order valence-corrected chi connectivity index (χ1v) is 18.2. The van der Waals surface area contributed by atoms with Gasteiger partial charge in [0.1, 0.15) is 11.0 Å². The number of nitrogens with zero attached hydrogens (tertiary/aromatic N) is 1. The van der Waals surface area contributed by atoms with E-state index in [9.17, 15) is 13.2 Å². The van der Waals surface area contributed by atoms with Crippen LogP contribution in [0.25, 0.3) is 0 Å². The minimum absolute atomic E-state index is 0.0343. The van der Waals surface area contributed by atoms with Crippen molar-refractivity contribution in [1.29, 1.82) is 0 Å². The number of aromatic nitrogens is 1. The molecule has 0 amide bonds. The molecule has 0 bridgehead atoms. The summed E-state index contributed by atoms with van der Waals surface area (Å²) in [4.78, 5) is 5.39. The van der Waals surface area contributed by atoms with E-state index in [0.717, 1.165) is 66.8 Å². The second-order valence-electron chi connectivity index (χ2n) is 14.6. The van der Waals surface area contributed by atoms with Gasteiger partial charge in [-0.3, -0.25) is 4.98 Å². The van der Waals surface area contributed by atoms with Crippen molar-refractivity contribution in [3.8, 4) is 0 Å². The Morgan fingerprint density at radius 2 is 1.72 bits per heavy atom. The molecule has 0 aromatic carbocycles. The van der Waals surface area contributed by atoms with E-state index >= 15 is 0 Å². The number of fused-ring (bicyclic) bond motifs is 4. The molecule has 0 radical (unpaired) electrons. The first kappa shape index (κ1) is 29.3. The summed E-state index contributed by atoms with van der Waals surface area (Å²) < 4.78 is 55.1. The van der Waals surface area contributed by atoms with Gasteiger partial charge in [0.2, 0.25) is 0 Å². The number of rotatable bonds is 4. The van der Waals surface area contributed by atoms with Gasteiger partial charge in [0.05, 0.1) is 11.7 Å². The highest BCUT2D eigenvalue weighted by molar-refractivity contribution is 7.12. The fourth-order valence-corrected chi connectivity index (χ4v) is 8.81. The van der Waals surface area contributed by atoms with Crippen molar-refractivity contribution in [2.75, 3.05) is 0 Å². The van der Waals surface area contributed by atoms with Crippen LogP contribution in [-0.2, 0) is 27.4 Å². The van der Waals surface area contributed by atoms with Gasteiger partial charge < -0.3 is 9.16 Å². The van der Waals surface area contributed by atoms with Gasteiger partial charge in [0, 0.05) is 27.4 Å². The number of hydrogen-bond acceptors (Lipinski definition) is 4. The molecular weight excluding hydrogens is 535 g/mol. The summed E-state index contributed by atoms with van der Waals surface area (Å²) in [6.07, 6.45) is 0.660. The fourth-order valence-electron chi connectivity index (χ4n) is 6.63. The van der Waals surface area contributed by atoms with Gasteiger partial charge in [-0.15, -0.1) is 11.3 Å². The van der Waals surface area contributed by atoms with Crippen molar-refractivity contribution in [1.82, 2.24) is 4.98 Å². The number of hydrogen-bond donors (Lipinski definition) is 0. The second kappa shape index (κ2) is 9.40. The van der Waals surface area contributed by atoms with Crippen LogP contribution in [0.5, 0.6) is 0 Å². The predicted octanol–water partition coefficient (Wildman–Crippen LogP) is 10.2. The van der Waals surface area contributed by atoms with Crippen LogP contribution < -0.4 is 0 Å². The van der Waals surface area contributed by atoms with Crippen LogP contribution in [0.15, 0.2) is 12.1 Å². The summed E-state index contributed by atoms with van der Waals surface area (Å²) in [6.45, 7) is 20.3. The molecule has 1 aliphatic heterocycles. The summed E-state index contributed by atoms with van der Waals surface area (Å²) in [5, 5.41) is 0.0538. The molecule has 0 N–H and O–H groups in total. The molecule has 1 saturated carbocycles. The molecule has 39 heavy (non-hydrogen) atoms. The van der Waals surface area contributed by atoms with Crippen molar-refractivity contribution >= 4 is 19.7 Å². The van der Waals surface area contributed by atoms with E-state index in [0.29, 0.717) is 4.88 Å². The van der Waals surface area contributed by atoms with Crippen LogP contribution in [0.4, 0.5) is 13.2 Å². The molecular formula is C31H44F3NO2SSi. The van der Waals surface area contributed by atoms with Crippen molar-refractivity contribution in [2.24, 2.45) is 5.41 Å². The normalized spacial score (nSPS) is 24.4. The summed E-state index contributed by atoms with van der Waals surface area (Å²) in [5.41, 5.74) is 5.04. The Morgan fingerprint density at radius 3 is 2.26 bits per heavy atom. The zero-order valence-corrected chi connectivity index (χ0v) is 26.8. The van der Waals surface area contributed by atoms with E-state index in [2.05, 4.69) is 61.6 Å². The Bertz CT molecular complexity index is 1250. The molecule has 3 aliphatic rings. The topological polar surface area (TPSA) is 31.4 Å². The molecule has 2 aliphatic carbocycles. The molecule has 0 unspecified atom stereocenters. The van der Waals surface area contributed by atoms with E-state index in [-0.39, 0.29) is 22.5 Å². The molecule has 5 rings (SSSR count). The Morgan fingerprint density at radius 1 is 1.08 bits per heavy atom. The van der Waals surface area contributed by atoms with Crippen molar-refractivity contribution in [3.63, 3.8) is 0 Å². The molecule has 1 fully saturated rings. The molecule has 216 valence electrons. The smallest absolute Gasteiger partial charge is 0.410 e. The number of ether oxygens (including phenoxy) is 1. The Hall–Kier alpha value is -1.22. The van der Waals surface area contributed by atoms with Gasteiger partial charge in [-0.1, -0.05) is 61.3 Å². The predicted molar refractivity (Wildman–Crippen MR) is 154 cm³/mol. The van der Waals surface area contributed by atoms with Crippen LogP contribution in [0.1, 0.15) is 137 Å². The SMILES string of the molecule is CC(C)c1nc2c(c3c1[C@H](c1ccc(C(F)(F)F)s1)OC31CCCC1)[C@@H](O[Si](C)(C)C(C)(C)C)CC(C)(C)C2. The Kier molecular flexibility index (Phi) is 7.05. The lowest BCUT2D eigenvalue weighted by molar-refractivity contribution is -0.134. The van der Waals surface area contributed by atoms with E-state index < -0.39 is 31.1 Å². The van der Waals surface area contributed by atoms with Crippen molar-refractivity contribution in [3.05, 3.63) is 50.0 Å². The largest absolute Gasteiger partial charge is 0.425 e. The van der Waals surface area contributed by atoms with Crippen LogP contribution in [0.3, 0.4) is 0 Å². The maximum absolute atomic E-state index is 13.6. The monoisotopic (exact) mass is 579 g/mol. The zero-order valence-electron chi connectivity index (χ0n) is 24.9. The lowest BCUT2D eigenvalue weighted by Gasteiger charge is -2.45. The van der Waals surface area contributed by atoms with Crippen molar-refractivity contribution < 1.29 is 22.3 Å². The maximum atomic E-state index is 13.6. The second-order valence-corrected chi connectivity index (χ2v) is 20.5. The molecule has 2 atom stereocenters. The fraction of sp³-hybridized carbons (Fsp3) is 0.710. The molecule has 3 heterocycles. The van der Waals surface area contributed by atoms with E-state index in [1.54, 1.807) is 6.07 Å². The Balaban J connectivity index is 1.76. The zero-order chi connectivity index (χ0) is 28.8. The van der Waals surface area contributed by atoms with Crippen LogP contribution in [-0.4, -0.2) is 13.3 Å². The average Bonchev–Trinajstić information content (AvgIpc) is 3.51. The van der Waals surface area contributed by atoms with E-state index in [4.69, 9.17) is 14.1 Å². The minimum atomic E-state index is -4.36. The summed E-state index contributed by atoms with van der Waals surface area (Å²) in [7, 11) is -2.13. The van der Waals surface area contributed by atoms with Gasteiger partial charge >= 0.3 is 6.18 Å². The molecule has 2 aromatic heterocycles. The standard InChI is InChI=1S/C31H44F3NO2SSi/c1-18(2)26-24-25(23-19(35-26)16-29(6,7)17-20(23)37-39(8,9)28(3,4)5)30(14-10-11-15-30)36-27(24)21-12-13-22(38-21)31(32,33)34/h12-13,18,20,27H,10-11,14-17H2,1-9H3/t20-,27-/m0/s1. The lowest BCUT2D eigenvalue weighted by atomic mass is 9.70. The molecule has 0 saturated heterocycles. The van der Waals surface area contributed by atoms with Gasteiger partial charge in [0.15, 0.2) is 8.32 Å². The number of thiophene rings is 1.